The maximum Gasteiger partial charge on any atom is 0.323 e. The molecule has 2 amide bonds. The summed E-state index contributed by atoms with van der Waals surface area (Å²) < 4.78 is 60.7. The first-order chi connectivity index (χ1) is 36.3. The first kappa shape index (κ1) is 59.1. The van der Waals surface area contributed by atoms with E-state index in [0.29, 0.717) is 31.3 Å². The number of carbonyl (C=O) groups is 6. The van der Waals surface area contributed by atoms with E-state index in [-0.39, 0.29) is 101 Å². The molecule has 6 N–H and O–H groups in total. The molecule has 2 aliphatic rings. The number of benzene rings is 4. The van der Waals surface area contributed by atoms with Gasteiger partial charge in [-0.1, -0.05) is 25.0 Å². The van der Waals surface area contributed by atoms with Crippen molar-refractivity contribution >= 4 is 69.6 Å². The fraction of sp³-hybridized carbons (Fsp3) is 0.404. The summed E-state index contributed by atoms with van der Waals surface area (Å²) in [5.74, 6) is -9.62. The lowest BCUT2D eigenvalue weighted by Crippen LogP contribution is -2.36. The number of aromatic hydroxyl groups is 1. The molecule has 0 radical (unpaired) electrons. The van der Waals surface area contributed by atoms with Crippen LogP contribution in [0.2, 0.25) is 0 Å². The van der Waals surface area contributed by atoms with Crippen LogP contribution in [0.5, 0.6) is 17.2 Å². The first-order valence-corrected chi connectivity index (χ1v) is 24.5. The molecule has 5 rings (SSSR count). The molecule has 1 heterocycles. The van der Waals surface area contributed by atoms with Crippen molar-refractivity contribution in [1.29, 1.82) is 0 Å². The number of hydrogen-bond acceptors (Lipinski definition) is 15. The summed E-state index contributed by atoms with van der Waals surface area (Å²) in [4.78, 5) is 90.2. The average molecular weight is 1090 g/mol. The lowest BCUT2D eigenvalue weighted by atomic mass is 9.90. The number of halogens is 3. The van der Waals surface area contributed by atoms with E-state index in [2.05, 4.69) is 5.32 Å². The lowest BCUT2D eigenvalue weighted by molar-refractivity contribution is -0.138. The Kier molecular flexibility index (Phi) is 22.4. The van der Waals surface area contributed by atoms with Gasteiger partial charge in [-0.05, 0) is 67.3 Å². The van der Waals surface area contributed by atoms with Gasteiger partial charge in [0.15, 0.2) is 17.4 Å². The maximum absolute atomic E-state index is 16.0. The molecule has 3 aromatic rings. The zero-order valence-electron chi connectivity index (χ0n) is 41.7. The van der Waals surface area contributed by atoms with Crippen LogP contribution in [-0.4, -0.2) is 151 Å². The summed E-state index contributed by atoms with van der Waals surface area (Å²) in [5, 5.41) is 51.7. The number of amides is 2. The third-order valence-electron chi connectivity index (χ3n) is 11.5. The topological polar surface area (TPSA) is 292 Å². The molecule has 1 aliphatic heterocycles. The van der Waals surface area contributed by atoms with E-state index >= 15 is 8.78 Å². The van der Waals surface area contributed by atoms with Crippen molar-refractivity contribution in [2.45, 2.75) is 52.5 Å². The van der Waals surface area contributed by atoms with Crippen molar-refractivity contribution in [3.05, 3.63) is 87.6 Å². The van der Waals surface area contributed by atoms with Crippen LogP contribution in [0.3, 0.4) is 0 Å². The van der Waals surface area contributed by atoms with E-state index < -0.39 is 91.2 Å². The minimum atomic E-state index is -1.42. The van der Waals surface area contributed by atoms with Gasteiger partial charge in [0.2, 0.25) is 17.2 Å². The Morgan fingerprint density at radius 1 is 0.697 bits per heavy atom. The largest absolute Gasteiger partial charge is 0.505 e. The van der Waals surface area contributed by atoms with Crippen LogP contribution < -0.4 is 30.0 Å². The highest BCUT2D eigenvalue weighted by molar-refractivity contribution is 6.17. The van der Waals surface area contributed by atoms with Gasteiger partial charge in [-0.3, -0.25) is 33.6 Å². The third kappa shape index (κ3) is 17.1. The molecule has 76 heavy (non-hydrogen) atoms. The summed E-state index contributed by atoms with van der Waals surface area (Å²) >= 11 is 5.69. The molecule has 0 saturated heterocycles. The molecule has 0 unspecified atom stereocenters. The van der Waals surface area contributed by atoms with Gasteiger partial charge in [0.1, 0.15) is 62.2 Å². The van der Waals surface area contributed by atoms with E-state index in [9.17, 15) is 59.1 Å². The van der Waals surface area contributed by atoms with E-state index in [4.69, 9.17) is 35.0 Å². The predicted octanol–water partition coefficient (Wildman–Crippen LogP) is 5.95. The third-order valence-corrected chi connectivity index (χ3v) is 11.8. The number of ether oxygens (including phenoxy) is 4. The van der Waals surface area contributed by atoms with Crippen LogP contribution in [-0.2, 0) is 44.8 Å². The molecular weight excluding hydrogens is 1030 g/mol. The second-order valence-electron chi connectivity index (χ2n) is 17.3. The monoisotopic (exact) mass is 1080 g/mol. The standard InChI is InChI=1S/C52H59ClF2N4O17/c1-31-7-9-39(58(27-46(63)64)28-47(65)66)43(21-31)74-19-20-75-44-22-33(8-10-40(44)59(29-48(67)68)30-49(69)70)50-34-23-37(54)41(61)25-42(34)76-52-35(50)24-38(55)51(71)36(52)26-57(32(2)60)14-11-45(62)56-13-16-73-18-17-72-15-6-4-3-5-12-53/h7-10,21-25,61H,3-6,11-20,26-30H2,1-2H3,(H,56,62)(H,63,64)(H,65,66)(H,67,68)(H,69,70). The fourth-order valence-electron chi connectivity index (χ4n) is 8.06. The molecular formula is C52H59ClF2N4O17. The number of fused-ring (bicyclic) bond motifs is 2. The van der Waals surface area contributed by atoms with Gasteiger partial charge in [-0.2, -0.15) is 0 Å². The summed E-state index contributed by atoms with van der Waals surface area (Å²) in [7, 11) is 0. The second-order valence-corrected chi connectivity index (χ2v) is 17.7. The van der Waals surface area contributed by atoms with E-state index in [1.807, 2.05) is 0 Å². The number of nitrogens with zero attached hydrogens (tertiary/aromatic N) is 3. The average Bonchev–Trinajstić information content (AvgIpc) is 3.34. The Hall–Kier alpha value is -7.76. The van der Waals surface area contributed by atoms with Crippen molar-refractivity contribution < 1.29 is 86.4 Å². The van der Waals surface area contributed by atoms with Crippen LogP contribution >= 0.6 is 11.6 Å². The normalized spacial score (nSPS) is 11.1. The van der Waals surface area contributed by atoms with Gasteiger partial charge in [0, 0.05) is 61.5 Å². The zero-order valence-corrected chi connectivity index (χ0v) is 42.5. The molecule has 0 aromatic heterocycles. The Balaban J connectivity index is 1.46. The van der Waals surface area contributed by atoms with E-state index in [1.165, 1.54) is 37.3 Å². The van der Waals surface area contributed by atoms with Crippen molar-refractivity contribution in [1.82, 2.24) is 10.2 Å². The minimum Gasteiger partial charge on any atom is -0.505 e. The van der Waals surface area contributed by atoms with Crippen molar-refractivity contribution in [3.8, 4) is 39.7 Å². The van der Waals surface area contributed by atoms with E-state index in [1.54, 1.807) is 13.0 Å². The molecule has 0 spiro atoms. The molecule has 0 atom stereocenters. The van der Waals surface area contributed by atoms with Gasteiger partial charge in [0.25, 0.3) is 0 Å². The number of carboxylic acids is 4. The van der Waals surface area contributed by atoms with E-state index in [0.717, 1.165) is 58.6 Å². The molecule has 0 saturated carbocycles. The molecule has 21 nitrogen and oxygen atoms in total. The molecule has 410 valence electrons. The summed E-state index contributed by atoms with van der Waals surface area (Å²) in [6, 6.07) is 11.2. The summed E-state index contributed by atoms with van der Waals surface area (Å²) in [6.45, 7) is -0.0539. The maximum atomic E-state index is 16.0. The number of aliphatic carboxylic acids is 4. The van der Waals surface area contributed by atoms with Crippen molar-refractivity contribution in [3.63, 3.8) is 0 Å². The highest BCUT2D eigenvalue weighted by Gasteiger charge is 2.29. The Morgan fingerprint density at radius 3 is 1.87 bits per heavy atom. The number of unbranched alkanes of at least 4 members (excludes halogenated alkanes) is 3. The number of aryl methyl sites for hydroxylation is 1. The van der Waals surface area contributed by atoms with Gasteiger partial charge in [-0.15, -0.1) is 11.6 Å². The zero-order chi connectivity index (χ0) is 55.5. The Bertz CT molecular complexity index is 2870. The molecule has 1 aliphatic carbocycles. The summed E-state index contributed by atoms with van der Waals surface area (Å²) in [6.07, 6.45) is 3.70. The number of alkyl halides is 1. The number of nitrogens with one attached hydrogen (secondary N) is 1. The lowest BCUT2D eigenvalue weighted by Gasteiger charge is -2.26. The second kappa shape index (κ2) is 28.8. The van der Waals surface area contributed by atoms with Crippen LogP contribution in [0.25, 0.3) is 33.4 Å². The number of phenols is 1. The van der Waals surface area contributed by atoms with Crippen molar-refractivity contribution in [2.24, 2.45) is 0 Å². The van der Waals surface area contributed by atoms with Gasteiger partial charge in [0.05, 0.1) is 43.3 Å². The SMILES string of the molecule is CC(=O)N(CCC(=O)NCCOCCOCCCCCCCl)Cc1c2oc3cc(O)c(F)cc3c(-c3ccc(N(CC(=O)O)CC(=O)O)c(OCCOc4cc(C)ccc4N(CC(=O)O)CC(=O)O)c3)c-2cc(F)c1=O. The number of hydrogen-bond donors (Lipinski definition) is 6. The number of carboxylic acid groups (broad SMARTS) is 4. The quantitative estimate of drug-likeness (QED) is 0.0161. The number of phenolic OH excluding ortho intramolecular Hbond substituents is 1. The highest BCUT2D eigenvalue weighted by atomic mass is 35.5. The minimum absolute atomic E-state index is 0.0204. The molecule has 3 aromatic carbocycles. The van der Waals surface area contributed by atoms with Crippen LogP contribution in [0.4, 0.5) is 20.2 Å². The van der Waals surface area contributed by atoms with Gasteiger partial charge in [-0.25, -0.2) is 8.78 Å². The molecule has 24 heteroatoms. The first-order valence-electron chi connectivity index (χ1n) is 24.0. The smallest absolute Gasteiger partial charge is 0.323 e. The van der Waals surface area contributed by atoms with Gasteiger partial charge >= 0.3 is 23.9 Å². The van der Waals surface area contributed by atoms with Crippen LogP contribution in [0, 0.1) is 18.6 Å². The Labute approximate surface area is 439 Å². The number of carbonyl (C=O) groups excluding carboxylic acids is 2. The molecule has 0 fully saturated rings. The van der Waals surface area contributed by atoms with Crippen LogP contribution in [0.15, 0.2) is 63.8 Å². The molecule has 0 bridgehead atoms. The Morgan fingerprint density at radius 2 is 1.28 bits per heavy atom. The van der Waals surface area contributed by atoms with Gasteiger partial charge < -0.3 is 68.9 Å². The number of rotatable bonds is 33. The predicted molar refractivity (Wildman–Crippen MR) is 273 cm³/mol. The highest BCUT2D eigenvalue weighted by Crippen LogP contribution is 2.45. The summed E-state index contributed by atoms with van der Waals surface area (Å²) in [5.41, 5.74) is -1.17. The number of anilines is 2. The van der Waals surface area contributed by atoms with Crippen molar-refractivity contribution in [2.75, 3.05) is 94.6 Å². The fourth-order valence-corrected chi connectivity index (χ4v) is 8.24. The van der Waals surface area contributed by atoms with Crippen LogP contribution in [0.1, 0.15) is 50.2 Å².